The number of carbonyl (C=O) groups is 1. The molecule has 0 radical (unpaired) electrons. The summed E-state index contributed by atoms with van der Waals surface area (Å²) in [6.45, 7) is 5.35. The minimum atomic E-state index is 0.0833. The van der Waals surface area contributed by atoms with E-state index in [1.807, 2.05) is 29.3 Å². The Labute approximate surface area is 177 Å². The molecule has 6 heteroatoms. The van der Waals surface area contributed by atoms with Crippen molar-refractivity contribution in [2.45, 2.75) is 25.4 Å². The largest absolute Gasteiger partial charge is 0.337 e. The molecule has 0 aliphatic carbocycles. The molecule has 1 amide bonds. The van der Waals surface area contributed by atoms with Gasteiger partial charge in [0.25, 0.3) is 5.91 Å². The third kappa shape index (κ3) is 3.61. The van der Waals surface area contributed by atoms with Crippen LogP contribution in [0.25, 0.3) is 5.65 Å². The summed E-state index contributed by atoms with van der Waals surface area (Å²) < 4.78 is 2.10. The highest BCUT2D eigenvalue weighted by Crippen LogP contribution is 2.26. The van der Waals surface area contributed by atoms with Crippen LogP contribution in [0.1, 0.15) is 40.6 Å². The highest BCUT2D eigenvalue weighted by atomic mass is 16.2. The zero-order chi connectivity index (χ0) is 20.5. The topological polar surface area (TPSA) is 44.1 Å². The van der Waals surface area contributed by atoms with Gasteiger partial charge in [0.1, 0.15) is 5.65 Å². The second-order valence-corrected chi connectivity index (χ2v) is 8.48. The summed E-state index contributed by atoms with van der Waals surface area (Å²) in [4.78, 5) is 24.8. The molecule has 2 aliphatic rings. The maximum Gasteiger partial charge on any atom is 0.274 e. The summed E-state index contributed by atoms with van der Waals surface area (Å²) >= 11 is 0. The fourth-order valence-electron chi connectivity index (χ4n) is 4.76. The second kappa shape index (κ2) is 8.20. The number of likely N-dealkylation sites (N-methyl/N-ethyl adjacent to an activating group) is 1. The third-order valence-electron chi connectivity index (χ3n) is 6.51. The third-order valence-corrected chi connectivity index (χ3v) is 6.51. The van der Waals surface area contributed by atoms with E-state index in [1.165, 1.54) is 5.56 Å². The fourth-order valence-corrected chi connectivity index (χ4v) is 4.76. The first-order valence-electron chi connectivity index (χ1n) is 10.9. The normalized spacial score (nSPS) is 20.8. The van der Waals surface area contributed by atoms with Crippen molar-refractivity contribution in [3.63, 3.8) is 0 Å². The lowest BCUT2D eigenvalue weighted by atomic mass is 10.0. The molecule has 0 bridgehead atoms. The maximum atomic E-state index is 13.2. The Morgan fingerprint density at radius 2 is 1.77 bits per heavy atom. The number of rotatable bonds is 4. The lowest BCUT2D eigenvalue weighted by molar-refractivity contribution is 0.0773. The van der Waals surface area contributed by atoms with Crippen molar-refractivity contribution in [2.24, 2.45) is 0 Å². The Hall–Kier alpha value is -2.70. The summed E-state index contributed by atoms with van der Waals surface area (Å²) in [5, 5.41) is 0. The lowest BCUT2D eigenvalue weighted by Crippen LogP contribution is -2.46. The minimum absolute atomic E-state index is 0.0833. The Morgan fingerprint density at radius 1 is 1.00 bits per heavy atom. The van der Waals surface area contributed by atoms with E-state index in [0.717, 1.165) is 63.5 Å². The molecule has 2 fully saturated rings. The van der Waals surface area contributed by atoms with Crippen LogP contribution >= 0.6 is 0 Å². The smallest absolute Gasteiger partial charge is 0.274 e. The van der Waals surface area contributed by atoms with Crippen molar-refractivity contribution in [3.8, 4) is 0 Å². The molecule has 0 saturated carbocycles. The number of hydrogen-bond acceptors (Lipinski definition) is 4. The molecule has 1 unspecified atom stereocenters. The summed E-state index contributed by atoms with van der Waals surface area (Å²) in [5.41, 5.74) is 3.83. The predicted molar refractivity (Wildman–Crippen MR) is 117 cm³/mol. The number of amides is 1. The van der Waals surface area contributed by atoms with Gasteiger partial charge in [-0.2, -0.15) is 0 Å². The second-order valence-electron chi connectivity index (χ2n) is 8.48. The Bertz CT molecular complexity index is 1020. The zero-order valence-electron chi connectivity index (χ0n) is 17.6. The van der Waals surface area contributed by atoms with Crippen LogP contribution in [0, 0.1) is 0 Å². The first-order valence-corrected chi connectivity index (χ1v) is 10.9. The van der Waals surface area contributed by atoms with Crippen molar-refractivity contribution in [1.29, 1.82) is 0 Å². The molecule has 1 aromatic carbocycles. The highest BCUT2D eigenvalue weighted by molar-refractivity contribution is 5.94. The van der Waals surface area contributed by atoms with Gasteiger partial charge >= 0.3 is 0 Å². The van der Waals surface area contributed by atoms with Gasteiger partial charge in [-0.25, -0.2) is 4.98 Å². The van der Waals surface area contributed by atoms with Gasteiger partial charge in [0.15, 0.2) is 5.69 Å². The monoisotopic (exact) mass is 403 g/mol. The maximum absolute atomic E-state index is 13.2. The quantitative estimate of drug-likeness (QED) is 0.672. The van der Waals surface area contributed by atoms with Gasteiger partial charge in [-0.15, -0.1) is 0 Å². The van der Waals surface area contributed by atoms with E-state index in [2.05, 4.69) is 51.6 Å². The van der Waals surface area contributed by atoms with Gasteiger partial charge in [-0.3, -0.25) is 14.6 Å². The summed E-state index contributed by atoms with van der Waals surface area (Å²) in [7, 11) is 2.20. The molecule has 1 atom stereocenters. The molecule has 2 aromatic heterocycles. The van der Waals surface area contributed by atoms with Crippen LogP contribution < -0.4 is 0 Å². The minimum Gasteiger partial charge on any atom is -0.337 e. The van der Waals surface area contributed by atoms with Crippen LogP contribution in [0.5, 0.6) is 0 Å². The van der Waals surface area contributed by atoms with Gasteiger partial charge in [-0.1, -0.05) is 36.4 Å². The number of hydrogen-bond donors (Lipinski definition) is 0. The average molecular weight is 404 g/mol. The van der Waals surface area contributed by atoms with E-state index in [9.17, 15) is 4.79 Å². The number of aromatic nitrogens is 2. The van der Waals surface area contributed by atoms with E-state index in [-0.39, 0.29) is 5.91 Å². The molecule has 0 N–H and O–H groups in total. The van der Waals surface area contributed by atoms with Crippen LogP contribution in [0.15, 0.2) is 54.7 Å². The molecule has 2 aliphatic heterocycles. The molecule has 2 saturated heterocycles. The number of imidazole rings is 1. The van der Waals surface area contributed by atoms with Gasteiger partial charge in [0.2, 0.25) is 0 Å². The molecule has 4 heterocycles. The molecular formula is C24H29N5O. The first kappa shape index (κ1) is 19.3. The van der Waals surface area contributed by atoms with Crippen LogP contribution in [0.3, 0.4) is 0 Å². The van der Waals surface area contributed by atoms with Gasteiger partial charge in [0, 0.05) is 51.5 Å². The van der Waals surface area contributed by atoms with Gasteiger partial charge in [-0.05, 0) is 37.6 Å². The van der Waals surface area contributed by atoms with E-state index in [4.69, 9.17) is 4.98 Å². The number of nitrogens with zero attached hydrogens (tertiary/aromatic N) is 5. The van der Waals surface area contributed by atoms with E-state index < -0.39 is 0 Å². The van der Waals surface area contributed by atoms with Crippen molar-refractivity contribution < 1.29 is 4.79 Å². The highest BCUT2D eigenvalue weighted by Gasteiger charge is 2.30. The van der Waals surface area contributed by atoms with Crippen molar-refractivity contribution >= 4 is 11.6 Å². The fraction of sp³-hybridized carbons (Fsp3) is 0.417. The first-order chi connectivity index (χ1) is 14.7. The van der Waals surface area contributed by atoms with Crippen molar-refractivity contribution in [1.82, 2.24) is 24.1 Å². The predicted octanol–water partition coefficient (Wildman–Crippen LogP) is 3.06. The van der Waals surface area contributed by atoms with Crippen LogP contribution in [-0.2, 0) is 6.54 Å². The van der Waals surface area contributed by atoms with Crippen LogP contribution in [-0.4, -0.2) is 69.8 Å². The SMILES string of the molecule is CN1CCN(Cc2c(C(=O)N3CCCC3)nc3ccccn23)CC1c1ccccc1. The van der Waals surface area contributed by atoms with Gasteiger partial charge < -0.3 is 9.30 Å². The number of carbonyl (C=O) groups excluding carboxylic acids is 1. The molecular weight excluding hydrogens is 374 g/mol. The number of fused-ring (bicyclic) bond motifs is 1. The summed E-state index contributed by atoms with van der Waals surface area (Å²) in [5.74, 6) is 0.0833. The number of piperazine rings is 1. The standard InChI is InChI=1S/C24H29N5O/c1-26-15-16-27(17-20(26)19-9-3-2-4-10-19)18-21-23(24(30)28-12-7-8-13-28)25-22-11-5-6-14-29(21)22/h2-6,9-11,14,20H,7-8,12-13,15-18H2,1H3. The van der Waals surface area contributed by atoms with Gasteiger partial charge in [0.05, 0.1) is 5.69 Å². The van der Waals surface area contributed by atoms with E-state index >= 15 is 0 Å². The molecule has 6 nitrogen and oxygen atoms in total. The molecule has 3 aromatic rings. The van der Waals surface area contributed by atoms with E-state index in [1.54, 1.807) is 0 Å². The van der Waals surface area contributed by atoms with E-state index in [0.29, 0.717) is 11.7 Å². The molecule has 5 rings (SSSR count). The lowest BCUT2D eigenvalue weighted by Gasteiger charge is -2.39. The molecule has 0 spiro atoms. The zero-order valence-corrected chi connectivity index (χ0v) is 17.6. The van der Waals surface area contributed by atoms with Crippen LogP contribution in [0.4, 0.5) is 0 Å². The summed E-state index contributed by atoms with van der Waals surface area (Å²) in [6, 6.07) is 17.1. The summed E-state index contributed by atoms with van der Waals surface area (Å²) in [6.07, 6.45) is 4.21. The molecule has 156 valence electrons. The van der Waals surface area contributed by atoms with Crippen molar-refractivity contribution in [2.75, 3.05) is 39.8 Å². The Kier molecular flexibility index (Phi) is 5.27. The Balaban J connectivity index is 1.44. The van der Waals surface area contributed by atoms with Crippen LogP contribution in [0.2, 0.25) is 0 Å². The molecule has 30 heavy (non-hydrogen) atoms. The Morgan fingerprint density at radius 3 is 2.57 bits per heavy atom. The van der Waals surface area contributed by atoms with Crippen molar-refractivity contribution in [3.05, 3.63) is 71.7 Å². The number of likely N-dealkylation sites (tertiary alicyclic amines) is 1. The number of pyridine rings is 1. The average Bonchev–Trinajstić information content (AvgIpc) is 3.44. The number of benzene rings is 1.